The molecular formula is C10H10ClNO2. The number of hydrogen-bond donors (Lipinski definition) is 2. The number of anilines is 1. The largest absolute Gasteiger partial charge is 0.506 e. The highest BCUT2D eigenvalue weighted by Crippen LogP contribution is 2.26. The molecule has 14 heavy (non-hydrogen) atoms. The quantitative estimate of drug-likeness (QED) is 0.755. The molecular weight excluding hydrogens is 202 g/mol. The third-order valence-electron chi connectivity index (χ3n) is 1.56. The second-order valence-corrected chi connectivity index (χ2v) is 3.11. The minimum Gasteiger partial charge on any atom is -0.506 e. The Morgan fingerprint density at radius 2 is 2.36 bits per heavy atom. The van der Waals surface area contributed by atoms with Gasteiger partial charge in [0.1, 0.15) is 5.75 Å². The molecule has 0 bridgehead atoms. The Bertz CT molecular complexity index is 363. The van der Waals surface area contributed by atoms with Crippen LogP contribution < -0.4 is 5.32 Å². The molecule has 4 heteroatoms. The molecule has 0 unspecified atom stereocenters. The van der Waals surface area contributed by atoms with Gasteiger partial charge in [-0.15, -0.1) is 6.58 Å². The van der Waals surface area contributed by atoms with Crippen LogP contribution in [0.2, 0.25) is 5.02 Å². The molecule has 0 aromatic heterocycles. The van der Waals surface area contributed by atoms with Gasteiger partial charge in [0.05, 0.1) is 5.02 Å². The fraction of sp³-hybridized carbons (Fsp3) is 0.100. The number of hydrogen-bond acceptors (Lipinski definition) is 2. The Morgan fingerprint density at radius 3 is 2.93 bits per heavy atom. The molecule has 3 nitrogen and oxygen atoms in total. The first-order valence-electron chi connectivity index (χ1n) is 4.02. The fourth-order valence-corrected chi connectivity index (χ4v) is 1.05. The number of phenolic OH excluding ortho intramolecular Hbond substituents is 1. The van der Waals surface area contributed by atoms with Crippen molar-refractivity contribution in [3.63, 3.8) is 0 Å². The molecule has 74 valence electrons. The first-order valence-corrected chi connectivity index (χ1v) is 4.40. The Hall–Kier alpha value is -1.48. The Labute approximate surface area is 87.0 Å². The number of rotatable bonds is 3. The van der Waals surface area contributed by atoms with Crippen LogP contribution in [0.25, 0.3) is 0 Å². The van der Waals surface area contributed by atoms with E-state index in [2.05, 4.69) is 11.9 Å². The minimum absolute atomic E-state index is 0.0527. The second kappa shape index (κ2) is 4.67. The first-order chi connectivity index (χ1) is 6.63. The van der Waals surface area contributed by atoms with E-state index in [1.165, 1.54) is 18.2 Å². The van der Waals surface area contributed by atoms with Crippen LogP contribution in [0.5, 0.6) is 5.75 Å². The van der Waals surface area contributed by atoms with E-state index in [0.717, 1.165) is 0 Å². The number of carbonyl (C=O) groups excluding carboxylic acids is 1. The third-order valence-corrected chi connectivity index (χ3v) is 1.88. The van der Waals surface area contributed by atoms with Crippen LogP contribution in [0.1, 0.15) is 6.42 Å². The van der Waals surface area contributed by atoms with E-state index in [9.17, 15) is 9.90 Å². The fourth-order valence-electron chi connectivity index (χ4n) is 0.934. The highest BCUT2D eigenvalue weighted by molar-refractivity contribution is 6.32. The van der Waals surface area contributed by atoms with Gasteiger partial charge >= 0.3 is 0 Å². The van der Waals surface area contributed by atoms with Gasteiger partial charge in [-0.05, 0) is 12.1 Å². The van der Waals surface area contributed by atoms with E-state index >= 15 is 0 Å². The minimum atomic E-state index is -0.179. The van der Waals surface area contributed by atoms with Crippen molar-refractivity contribution >= 4 is 23.2 Å². The summed E-state index contributed by atoms with van der Waals surface area (Å²) in [5.74, 6) is -0.232. The summed E-state index contributed by atoms with van der Waals surface area (Å²) in [5.41, 5.74) is 0.513. The summed E-state index contributed by atoms with van der Waals surface area (Å²) in [4.78, 5) is 11.1. The van der Waals surface area contributed by atoms with Gasteiger partial charge in [0.2, 0.25) is 5.91 Å². The van der Waals surface area contributed by atoms with Crippen molar-refractivity contribution in [2.45, 2.75) is 6.42 Å². The molecule has 0 saturated carbocycles. The van der Waals surface area contributed by atoms with Crippen LogP contribution in [-0.4, -0.2) is 11.0 Å². The lowest BCUT2D eigenvalue weighted by Gasteiger charge is -2.04. The smallest absolute Gasteiger partial charge is 0.228 e. The Balaban J connectivity index is 2.72. The molecule has 1 amide bonds. The van der Waals surface area contributed by atoms with E-state index in [4.69, 9.17) is 11.6 Å². The highest BCUT2D eigenvalue weighted by Gasteiger charge is 2.02. The van der Waals surface area contributed by atoms with Crippen molar-refractivity contribution in [2.75, 3.05) is 5.32 Å². The van der Waals surface area contributed by atoms with Crippen LogP contribution in [0, 0.1) is 0 Å². The van der Waals surface area contributed by atoms with Crippen LogP contribution in [-0.2, 0) is 4.79 Å². The first kappa shape index (κ1) is 10.6. The molecule has 1 aromatic rings. The van der Waals surface area contributed by atoms with Gasteiger partial charge in [0, 0.05) is 18.2 Å². The van der Waals surface area contributed by atoms with Gasteiger partial charge in [0.15, 0.2) is 0 Å². The summed E-state index contributed by atoms with van der Waals surface area (Å²) >= 11 is 5.60. The number of amides is 1. The zero-order valence-corrected chi connectivity index (χ0v) is 8.21. The van der Waals surface area contributed by atoms with E-state index in [-0.39, 0.29) is 23.1 Å². The normalized spacial score (nSPS) is 9.50. The van der Waals surface area contributed by atoms with Crippen molar-refractivity contribution in [2.24, 2.45) is 0 Å². The molecule has 0 aliphatic rings. The number of halogens is 1. The molecule has 1 aromatic carbocycles. The number of aromatic hydroxyl groups is 1. The summed E-state index contributed by atoms with van der Waals surface area (Å²) in [6.07, 6.45) is 1.74. The van der Waals surface area contributed by atoms with Gasteiger partial charge in [-0.3, -0.25) is 4.79 Å². The maximum Gasteiger partial charge on any atom is 0.228 e. The van der Waals surface area contributed by atoms with Gasteiger partial charge in [-0.25, -0.2) is 0 Å². The summed E-state index contributed by atoms with van der Waals surface area (Å²) in [7, 11) is 0. The monoisotopic (exact) mass is 211 g/mol. The second-order valence-electron chi connectivity index (χ2n) is 2.71. The van der Waals surface area contributed by atoms with Gasteiger partial charge in [0.25, 0.3) is 0 Å². The standard InChI is InChI=1S/C10H10ClNO2/c1-2-3-10(14)12-7-4-5-8(11)9(13)6-7/h2,4-6,13H,1,3H2,(H,12,14). The van der Waals surface area contributed by atoms with Crippen molar-refractivity contribution in [3.8, 4) is 5.75 Å². The predicted octanol–water partition coefficient (Wildman–Crippen LogP) is 2.56. The maximum absolute atomic E-state index is 11.1. The van der Waals surface area contributed by atoms with Gasteiger partial charge in [-0.2, -0.15) is 0 Å². The van der Waals surface area contributed by atoms with Crippen molar-refractivity contribution in [1.29, 1.82) is 0 Å². The van der Waals surface area contributed by atoms with Crippen molar-refractivity contribution < 1.29 is 9.90 Å². The lowest BCUT2D eigenvalue weighted by molar-refractivity contribution is -0.115. The molecule has 0 aliphatic heterocycles. The van der Waals surface area contributed by atoms with Gasteiger partial charge < -0.3 is 10.4 Å². The van der Waals surface area contributed by atoms with Crippen LogP contribution in [0.15, 0.2) is 30.9 Å². The molecule has 0 radical (unpaired) electrons. The molecule has 0 aliphatic carbocycles. The zero-order valence-electron chi connectivity index (χ0n) is 7.46. The van der Waals surface area contributed by atoms with Crippen molar-refractivity contribution in [1.82, 2.24) is 0 Å². The molecule has 0 heterocycles. The number of carbonyl (C=O) groups is 1. The number of phenols is 1. The van der Waals surface area contributed by atoms with Gasteiger partial charge in [-0.1, -0.05) is 17.7 Å². The molecule has 0 spiro atoms. The lowest BCUT2D eigenvalue weighted by Crippen LogP contribution is -2.09. The van der Waals surface area contributed by atoms with Crippen molar-refractivity contribution in [3.05, 3.63) is 35.9 Å². The molecule has 0 fully saturated rings. The molecule has 1 rings (SSSR count). The summed E-state index contributed by atoms with van der Waals surface area (Å²) in [6, 6.07) is 4.52. The number of benzene rings is 1. The topological polar surface area (TPSA) is 49.3 Å². The van der Waals surface area contributed by atoms with E-state index < -0.39 is 0 Å². The maximum atomic E-state index is 11.1. The van der Waals surface area contributed by atoms with E-state index in [1.807, 2.05) is 0 Å². The van der Waals surface area contributed by atoms with Crippen LogP contribution >= 0.6 is 11.6 Å². The molecule has 0 saturated heterocycles. The average Bonchev–Trinajstić information content (AvgIpc) is 2.12. The zero-order chi connectivity index (χ0) is 10.6. The summed E-state index contributed by atoms with van der Waals surface area (Å²) in [6.45, 7) is 3.44. The SMILES string of the molecule is C=CCC(=O)Nc1ccc(Cl)c(O)c1. The Morgan fingerprint density at radius 1 is 1.64 bits per heavy atom. The third kappa shape index (κ3) is 2.78. The Kier molecular flexibility index (Phi) is 3.54. The molecule has 0 atom stereocenters. The predicted molar refractivity (Wildman–Crippen MR) is 56.6 cm³/mol. The molecule has 2 N–H and O–H groups in total. The lowest BCUT2D eigenvalue weighted by atomic mass is 10.3. The van der Waals surface area contributed by atoms with E-state index in [0.29, 0.717) is 5.69 Å². The summed E-state index contributed by atoms with van der Waals surface area (Å²) < 4.78 is 0. The van der Waals surface area contributed by atoms with Crippen LogP contribution in [0.4, 0.5) is 5.69 Å². The summed E-state index contributed by atoms with van der Waals surface area (Å²) in [5, 5.41) is 12.1. The average molecular weight is 212 g/mol. The number of nitrogens with one attached hydrogen (secondary N) is 1. The van der Waals surface area contributed by atoms with Crippen LogP contribution in [0.3, 0.4) is 0 Å². The highest BCUT2D eigenvalue weighted by atomic mass is 35.5. The van der Waals surface area contributed by atoms with E-state index in [1.54, 1.807) is 6.07 Å².